The van der Waals surface area contributed by atoms with Gasteiger partial charge in [0, 0.05) is 48.2 Å². The van der Waals surface area contributed by atoms with Crippen molar-refractivity contribution in [3.63, 3.8) is 0 Å². The largest absolute Gasteiger partial charge is 0.476 e. The number of nitrogens with zero attached hydrogens (tertiary/aromatic N) is 6. The Balaban J connectivity index is 0.970. The molecule has 5 heterocycles. The number of rotatable bonds is 7. The number of hydrogen-bond acceptors (Lipinski definition) is 6. The molecule has 244 valence electrons. The van der Waals surface area contributed by atoms with Crippen LogP contribution in [0.2, 0.25) is 0 Å². The van der Waals surface area contributed by atoms with Crippen LogP contribution in [-0.4, -0.2) is 47.7 Å². The van der Waals surface area contributed by atoms with Gasteiger partial charge in [-0.15, -0.1) is 0 Å². The molecule has 0 spiro atoms. The van der Waals surface area contributed by atoms with Gasteiger partial charge in [0.2, 0.25) is 0 Å². The molecule has 0 saturated heterocycles. The molecular weight excluding hydrogens is 602 g/mol. The maximum atomic E-state index is 13.5. The van der Waals surface area contributed by atoms with Crippen LogP contribution in [0.5, 0.6) is 0 Å². The summed E-state index contributed by atoms with van der Waals surface area (Å²) in [5.74, 6) is 2.37. The van der Waals surface area contributed by atoms with Crippen molar-refractivity contribution < 1.29 is 14.7 Å². The number of fused-ring (bicyclic) bond motifs is 2. The second-order valence-corrected chi connectivity index (χ2v) is 14.8. The third-order valence-corrected chi connectivity index (χ3v) is 11.6. The minimum absolute atomic E-state index is 0.0219. The first kappa shape index (κ1) is 29.2. The van der Waals surface area contributed by atoms with Gasteiger partial charge in [-0.3, -0.25) is 9.48 Å². The Morgan fingerprint density at radius 3 is 2.50 bits per heavy atom. The van der Waals surface area contributed by atoms with Crippen LogP contribution in [0, 0.1) is 30.1 Å². The lowest BCUT2D eigenvalue weighted by molar-refractivity contribution is -0.0638. The van der Waals surface area contributed by atoms with E-state index in [0.29, 0.717) is 47.7 Å². The van der Waals surface area contributed by atoms with Crippen LogP contribution in [-0.2, 0) is 19.5 Å². The first-order valence-electron chi connectivity index (χ1n) is 17.2. The Bertz CT molecular complexity index is 2030. The summed E-state index contributed by atoms with van der Waals surface area (Å²) in [4.78, 5) is 37.5. The molecule has 4 saturated carbocycles. The number of aromatic carboxylic acids is 1. The van der Waals surface area contributed by atoms with E-state index >= 15 is 0 Å². The first-order valence-corrected chi connectivity index (χ1v) is 17.2. The Morgan fingerprint density at radius 1 is 0.958 bits per heavy atom. The van der Waals surface area contributed by atoms with Crippen LogP contribution in [0.3, 0.4) is 0 Å². The van der Waals surface area contributed by atoms with Crippen molar-refractivity contribution >= 4 is 29.2 Å². The van der Waals surface area contributed by atoms with E-state index in [1.54, 1.807) is 6.20 Å². The number of aromatic nitrogens is 5. The quantitative estimate of drug-likeness (QED) is 0.205. The molecule has 10 nitrogen and oxygen atoms in total. The summed E-state index contributed by atoms with van der Waals surface area (Å²) in [6.07, 6.45) is 14.3. The normalized spacial score (nSPS) is 24.2. The Kier molecular flexibility index (Phi) is 6.71. The standard InChI is InChI=1S/C38H39N7O3/c1-23-30(19-39-45(23)22-38-16-24-13-25(17-38)15-26(14-24)18-38)28-8-9-34(42-35(28)37(47)48)44-12-10-27-5-4-6-29(31(27)20-44)36(46)41-32-21-43-11-3-2-7-33(43)40-32/h2-9,11,19,21,24-26H,10,12-18,20,22H2,1H3,(H,41,46)(H,47,48). The Labute approximate surface area is 278 Å². The number of carbonyl (C=O) groups excluding carboxylic acids is 1. The van der Waals surface area contributed by atoms with Crippen LogP contribution in [0.4, 0.5) is 11.6 Å². The van der Waals surface area contributed by atoms with E-state index in [2.05, 4.69) is 32.9 Å². The van der Waals surface area contributed by atoms with Gasteiger partial charge in [0.1, 0.15) is 11.5 Å². The van der Waals surface area contributed by atoms with Gasteiger partial charge in [0.25, 0.3) is 5.91 Å². The molecule has 5 aromatic rings. The van der Waals surface area contributed by atoms with Crippen molar-refractivity contribution in [2.75, 3.05) is 16.8 Å². The summed E-state index contributed by atoms with van der Waals surface area (Å²) in [5, 5.41) is 18.1. The summed E-state index contributed by atoms with van der Waals surface area (Å²) < 4.78 is 3.99. The van der Waals surface area contributed by atoms with E-state index in [0.717, 1.165) is 52.3 Å². The average Bonchev–Trinajstić information content (AvgIpc) is 3.65. The molecule has 1 amide bonds. The summed E-state index contributed by atoms with van der Waals surface area (Å²) in [7, 11) is 0. The number of anilines is 2. The number of benzene rings is 1. The van der Waals surface area contributed by atoms with Gasteiger partial charge in [-0.05, 0) is 116 Å². The molecule has 48 heavy (non-hydrogen) atoms. The van der Waals surface area contributed by atoms with Crippen molar-refractivity contribution in [3.8, 4) is 11.1 Å². The number of amides is 1. The smallest absolute Gasteiger partial charge is 0.355 e. The second kappa shape index (κ2) is 11.0. The van der Waals surface area contributed by atoms with Gasteiger partial charge in [-0.2, -0.15) is 5.10 Å². The molecule has 10 rings (SSSR count). The van der Waals surface area contributed by atoms with E-state index in [9.17, 15) is 14.7 Å². The number of carbonyl (C=O) groups is 2. The molecule has 4 aliphatic carbocycles. The number of carboxylic acid groups (broad SMARTS) is 1. The third-order valence-electron chi connectivity index (χ3n) is 11.6. The predicted octanol–water partition coefficient (Wildman–Crippen LogP) is 6.63. The maximum Gasteiger partial charge on any atom is 0.355 e. The average molecular weight is 642 g/mol. The molecule has 0 unspecified atom stereocenters. The fraction of sp³-hybridized carbons (Fsp3) is 0.395. The zero-order chi connectivity index (χ0) is 32.6. The van der Waals surface area contributed by atoms with Crippen LogP contribution in [0.25, 0.3) is 16.8 Å². The zero-order valence-electron chi connectivity index (χ0n) is 27.1. The number of hydrogen-bond donors (Lipinski definition) is 2. The highest BCUT2D eigenvalue weighted by molar-refractivity contribution is 6.05. The van der Waals surface area contributed by atoms with E-state index in [4.69, 9.17) is 10.1 Å². The van der Waals surface area contributed by atoms with E-state index < -0.39 is 5.97 Å². The van der Waals surface area contributed by atoms with Gasteiger partial charge < -0.3 is 19.7 Å². The summed E-state index contributed by atoms with van der Waals surface area (Å²) in [5.41, 5.74) is 6.10. The van der Waals surface area contributed by atoms with Crippen LogP contribution >= 0.6 is 0 Å². The topological polar surface area (TPSA) is 118 Å². The number of carboxylic acids is 1. The SMILES string of the molecule is Cc1c(-c2ccc(N3CCc4cccc(C(=O)Nc5cn6ccccc6n5)c4C3)nc2C(=O)O)cnn1CC12CC3CC(CC(C3)C1)C2. The molecular formula is C38H39N7O3. The van der Waals surface area contributed by atoms with Gasteiger partial charge in [0.15, 0.2) is 11.5 Å². The van der Waals surface area contributed by atoms with Crippen molar-refractivity contribution in [1.82, 2.24) is 24.1 Å². The number of pyridine rings is 2. The van der Waals surface area contributed by atoms with Gasteiger partial charge >= 0.3 is 5.97 Å². The zero-order valence-corrected chi connectivity index (χ0v) is 27.1. The fourth-order valence-corrected chi connectivity index (χ4v) is 9.84. The minimum atomic E-state index is -1.06. The molecule has 10 heteroatoms. The lowest BCUT2D eigenvalue weighted by Gasteiger charge is -2.56. The van der Waals surface area contributed by atoms with E-state index in [-0.39, 0.29) is 11.6 Å². The maximum absolute atomic E-state index is 13.5. The number of nitrogens with one attached hydrogen (secondary N) is 1. The molecule has 0 atom stereocenters. The Morgan fingerprint density at radius 2 is 1.75 bits per heavy atom. The third kappa shape index (κ3) is 4.96. The lowest BCUT2D eigenvalue weighted by Crippen LogP contribution is -2.48. The van der Waals surface area contributed by atoms with Crippen molar-refractivity contribution in [2.45, 2.75) is 65.0 Å². The van der Waals surface area contributed by atoms with Crippen LogP contribution in [0.1, 0.15) is 76.2 Å². The Hall–Kier alpha value is -4.99. The minimum Gasteiger partial charge on any atom is -0.476 e. The lowest BCUT2D eigenvalue weighted by atomic mass is 9.49. The highest BCUT2D eigenvalue weighted by Gasteiger charge is 2.51. The van der Waals surface area contributed by atoms with E-state index in [1.807, 2.05) is 59.3 Å². The fourth-order valence-electron chi connectivity index (χ4n) is 9.84. The summed E-state index contributed by atoms with van der Waals surface area (Å²) in [6.45, 7) is 4.08. The molecule has 1 aliphatic heterocycles. The number of imidazole rings is 1. The first-order chi connectivity index (χ1) is 23.3. The molecule has 5 aliphatic rings. The highest BCUT2D eigenvalue weighted by atomic mass is 16.4. The van der Waals surface area contributed by atoms with Crippen LogP contribution in [0.15, 0.2) is 67.1 Å². The molecule has 1 aromatic carbocycles. The predicted molar refractivity (Wildman–Crippen MR) is 182 cm³/mol. The molecule has 4 aromatic heterocycles. The van der Waals surface area contributed by atoms with Crippen molar-refractivity contribution in [1.29, 1.82) is 0 Å². The molecule has 2 N–H and O–H groups in total. The van der Waals surface area contributed by atoms with Gasteiger partial charge in [-0.25, -0.2) is 14.8 Å². The second-order valence-electron chi connectivity index (χ2n) is 14.8. The molecule has 4 bridgehead atoms. The summed E-state index contributed by atoms with van der Waals surface area (Å²) >= 11 is 0. The van der Waals surface area contributed by atoms with Crippen molar-refractivity contribution in [3.05, 3.63) is 95.2 Å². The monoisotopic (exact) mass is 641 g/mol. The van der Waals surface area contributed by atoms with Gasteiger partial charge in [-0.1, -0.05) is 18.2 Å². The molecule has 0 radical (unpaired) electrons. The van der Waals surface area contributed by atoms with Gasteiger partial charge in [0.05, 0.1) is 12.4 Å². The van der Waals surface area contributed by atoms with Crippen molar-refractivity contribution in [2.24, 2.45) is 23.2 Å². The highest BCUT2D eigenvalue weighted by Crippen LogP contribution is 2.60. The van der Waals surface area contributed by atoms with E-state index in [1.165, 1.54) is 38.5 Å². The molecule has 4 fully saturated rings. The summed E-state index contributed by atoms with van der Waals surface area (Å²) in [6, 6.07) is 15.3. The van der Waals surface area contributed by atoms with Crippen LogP contribution < -0.4 is 10.2 Å².